The summed E-state index contributed by atoms with van der Waals surface area (Å²) in [6.07, 6.45) is 7.27. The Labute approximate surface area is 156 Å². The van der Waals surface area contributed by atoms with E-state index in [0.29, 0.717) is 22.8 Å². The number of carbonyl (C=O) groups is 1. The number of carbonyl (C=O) groups excluding carboxylic acids is 1. The summed E-state index contributed by atoms with van der Waals surface area (Å²) in [7, 11) is 0. The molecule has 26 heavy (non-hydrogen) atoms. The number of hydrogen-bond donors (Lipinski definition) is 1. The Kier molecular flexibility index (Phi) is 2.97. The van der Waals surface area contributed by atoms with Crippen LogP contribution in [0.3, 0.4) is 0 Å². The molecule has 3 nitrogen and oxygen atoms in total. The summed E-state index contributed by atoms with van der Waals surface area (Å²) in [5.74, 6) is 2.22. The van der Waals surface area contributed by atoms with E-state index >= 15 is 0 Å². The molecule has 3 heteroatoms. The van der Waals surface area contributed by atoms with Gasteiger partial charge in [-0.05, 0) is 61.3 Å². The Morgan fingerprint density at radius 2 is 2.00 bits per heavy atom. The molecule has 1 heterocycles. The summed E-state index contributed by atoms with van der Waals surface area (Å²) in [6.45, 7) is 5.06. The average Bonchev–Trinajstić information content (AvgIpc) is 3.14. The predicted molar refractivity (Wildman–Crippen MR) is 102 cm³/mol. The zero-order valence-electron chi connectivity index (χ0n) is 15.8. The summed E-state index contributed by atoms with van der Waals surface area (Å²) < 4.78 is 0. The van der Waals surface area contributed by atoms with Crippen molar-refractivity contribution >= 4 is 5.91 Å². The molecule has 1 N–H and O–H groups in total. The first-order valence-electron chi connectivity index (χ1n) is 10.7. The number of rotatable bonds is 3. The molecule has 5 fully saturated rings. The van der Waals surface area contributed by atoms with Gasteiger partial charge in [0.2, 0.25) is 5.91 Å². The SMILES string of the molecule is CCC1CNCCN1C(=O)C12CC3CC4CC(c5ccccc5)(C1)C34C2. The second-order valence-electron chi connectivity index (χ2n) is 9.92. The molecular formula is C23H30N2O. The molecule has 0 aromatic heterocycles. The zero-order chi connectivity index (χ0) is 17.6. The largest absolute Gasteiger partial charge is 0.337 e. The molecule has 138 valence electrons. The number of fused-ring (bicyclic) bond motifs is 1. The van der Waals surface area contributed by atoms with Gasteiger partial charge in [-0.2, -0.15) is 0 Å². The van der Waals surface area contributed by atoms with E-state index in [1.54, 1.807) is 0 Å². The van der Waals surface area contributed by atoms with Crippen molar-refractivity contribution in [1.82, 2.24) is 10.2 Å². The van der Waals surface area contributed by atoms with E-state index in [0.717, 1.165) is 44.3 Å². The van der Waals surface area contributed by atoms with Crippen LogP contribution in [0.25, 0.3) is 0 Å². The topological polar surface area (TPSA) is 32.3 Å². The lowest BCUT2D eigenvalue weighted by atomic mass is 9.30. The van der Waals surface area contributed by atoms with Crippen molar-refractivity contribution in [3.05, 3.63) is 35.9 Å². The van der Waals surface area contributed by atoms with Gasteiger partial charge in [-0.1, -0.05) is 37.3 Å². The van der Waals surface area contributed by atoms with Crippen LogP contribution in [0.2, 0.25) is 0 Å². The second kappa shape index (κ2) is 4.92. The van der Waals surface area contributed by atoms with Crippen LogP contribution < -0.4 is 5.32 Å². The van der Waals surface area contributed by atoms with Gasteiger partial charge in [0.1, 0.15) is 0 Å². The third-order valence-corrected chi connectivity index (χ3v) is 9.28. The molecule has 4 saturated carbocycles. The van der Waals surface area contributed by atoms with Gasteiger partial charge in [-0.15, -0.1) is 0 Å². The standard InChI is InChI=1S/C23H30N2O/c1-2-19-13-24-8-9-25(19)20(26)21-11-17-10-18-12-22(14-21,23(17,18)15-21)16-6-4-3-5-7-16/h3-7,17-19,24H,2,8-15H2,1H3. The molecule has 2 bridgehead atoms. The predicted octanol–water partition coefficient (Wildman–Crippen LogP) is 3.34. The Morgan fingerprint density at radius 3 is 2.77 bits per heavy atom. The molecule has 4 aliphatic carbocycles. The number of benzene rings is 1. The molecular weight excluding hydrogens is 320 g/mol. The van der Waals surface area contributed by atoms with Crippen LogP contribution in [0.15, 0.2) is 30.3 Å². The van der Waals surface area contributed by atoms with Crippen molar-refractivity contribution < 1.29 is 4.79 Å². The van der Waals surface area contributed by atoms with Crippen molar-refractivity contribution in [2.75, 3.05) is 19.6 Å². The normalized spacial score (nSPS) is 47.9. The summed E-state index contributed by atoms with van der Waals surface area (Å²) in [5, 5.41) is 3.49. The van der Waals surface area contributed by atoms with Gasteiger partial charge in [-0.25, -0.2) is 0 Å². The number of nitrogens with one attached hydrogen (secondary N) is 1. The minimum atomic E-state index is -0.0590. The Hall–Kier alpha value is -1.35. The van der Waals surface area contributed by atoms with Gasteiger partial charge in [0.25, 0.3) is 0 Å². The van der Waals surface area contributed by atoms with Gasteiger partial charge < -0.3 is 10.2 Å². The monoisotopic (exact) mass is 350 g/mol. The highest BCUT2D eigenvalue weighted by molar-refractivity contribution is 5.85. The molecule has 1 aromatic carbocycles. The first kappa shape index (κ1) is 15.7. The molecule has 1 saturated heterocycles. The molecule has 6 unspecified atom stereocenters. The summed E-state index contributed by atoms with van der Waals surface area (Å²) in [4.78, 5) is 16.2. The Balaban J connectivity index is 1.39. The third-order valence-electron chi connectivity index (χ3n) is 9.28. The van der Waals surface area contributed by atoms with Crippen LogP contribution in [-0.2, 0) is 10.2 Å². The van der Waals surface area contributed by atoms with Gasteiger partial charge in [-0.3, -0.25) is 4.79 Å². The maximum Gasteiger partial charge on any atom is 0.229 e. The lowest BCUT2D eigenvalue weighted by Gasteiger charge is -2.73. The van der Waals surface area contributed by atoms with E-state index < -0.39 is 0 Å². The van der Waals surface area contributed by atoms with Gasteiger partial charge in [0, 0.05) is 31.1 Å². The van der Waals surface area contributed by atoms with Crippen LogP contribution in [0.4, 0.5) is 0 Å². The molecule has 1 amide bonds. The molecule has 6 rings (SSSR count). The quantitative estimate of drug-likeness (QED) is 0.907. The number of hydrogen-bond acceptors (Lipinski definition) is 2. The fourth-order valence-corrected chi connectivity index (χ4v) is 8.42. The van der Waals surface area contributed by atoms with E-state index in [9.17, 15) is 4.79 Å². The smallest absolute Gasteiger partial charge is 0.229 e. The van der Waals surface area contributed by atoms with Crippen molar-refractivity contribution in [1.29, 1.82) is 0 Å². The molecule has 1 spiro atoms. The lowest BCUT2D eigenvalue weighted by Crippen LogP contribution is -2.69. The van der Waals surface area contributed by atoms with Crippen molar-refractivity contribution in [2.45, 2.75) is 56.9 Å². The Morgan fingerprint density at radius 1 is 1.19 bits per heavy atom. The van der Waals surface area contributed by atoms with E-state index in [4.69, 9.17) is 0 Å². The molecule has 0 radical (unpaired) electrons. The van der Waals surface area contributed by atoms with E-state index in [1.165, 1.54) is 31.2 Å². The summed E-state index contributed by atoms with van der Waals surface area (Å²) in [6, 6.07) is 11.6. The zero-order valence-corrected chi connectivity index (χ0v) is 15.8. The average molecular weight is 351 g/mol. The molecule has 5 aliphatic rings. The highest BCUT2D eigenvalue weighted by Crippen LogP contribution is 2.89. The van der Waals surface area contributed by atoms with Crippen molar-refractivity contribution in [3.8, 4) is 0 Å². The van der Waals surface area contributed by atoms with Crippen LogP contribution in [0.5, 0.6) is 0 Å². The molecule has 1 aromatic rings. The maximum atomic E-state index is 13.9. The molecule has 1 aliphatic heterocycles. The van der Waals surface area contributed by atoms with Gasteiger partial charge in [0.15, 0.2) is 0 Å². The maximum absolute atomic E-state index is 13.9. The Bertz CT molecular complexity index is 763. The first-order chi connectivity index (χ1) is 12.7. The highest BCUT2D eigenvalue weighted by Gasteiger charge is 2.85. The van der Waals surface area contributed by atoms with Crippen LogP contribution >= 0.6 is 0 Å². The van der Waals surface area contributed by atoms with Gasteiger partial charge >= 0.3 is 0 Å². The van der Waals surface area contributed by atoms with Crippen LogP contribution in [0.1, 0.15) is 51.0 Å². The molecule has 6 atom stereocenters. The fraction of sp³-hybridized carbons (Fsp3) is 0.696. The number of piperazine rings is 1. The van der Waals surface area contributed by atoms with Crippen LogP contribution in [-0.4, -0.2) is 36.5 Å². The van der Waals surface area contributed by atoms with Crippen LogP contribution in [0, 0.1) is 22.7 Å². The van der Waals surface area contributed by atoms with E-state index in [1.807, 2.05) is 0 Å². The van der Waals surface area contributed by atoms with E-state index in [2.05, 4.69) is 47.5 Å². The minimum absolute atomic E-state index is 0.0590. The van der Waals surface area contributed by atoms with Gasteiger partial charge in [0.05, 0.1) is 5.41 Å². The fourth-order valence-electron chi connectivity index (χ4n) is 8.42. The number of amides is 1. The van der Waals surface area contributed by atoms with Crippen molar-refractivity contribution in [2.24, 2.45) is 22.7 Å². The summed E-state index contributed by atoms with van der Waals surface area (Å²) in [5.41, 5.74) is 2.25. The first-order valence-corrected chi connectivity index (χ1v) is 10.7. The minimum Gasteiger partial charge on any atom is -0.337 e. The van der Waals surface area contributed by atoms with E-state index in [-0.39, 0.29) is 5.41 Å². The summed E-state index contributed by atoms with van der Waals surface area (Å²) >= 11 is 0. The lowest BCUT2D eigenvalue weighted by molar-refractivity contribution is -0.202. The van der Waals surface area contributed by atoms with Crippen molar-refractivity contribution in [3.63, 3.8) is 0 Å². The highest BCUT2D eigenvalue weighted by atomic mass is 16.2. The second-order valence-corrected chi connectivity index (χ2v) is 9.92. The number of nitrogens with zero attached hydrogens (tertiary/aromatic N) is 1. The third kappa shape index (κ3) is 1.55.